The van der Waals surface area contributed by atoms with Crippen LogP contribution in [0.2, 0.25) is 10.0 Å². The predicted molar refractivity (Wildman–Crippen MR) is 121 cm³/mol. The number of amides is 1. The lowest BCUT2D eigenvalue weighted by molar-refractivity contribution is 0.102. The SMILES string of the molecule is Cc1ccc(-c2cc(C(=O)Nc3ccc(Cl)cc3Cl)c3ccccc3n2)c(C)c1. The molecule has 4 rings (SSSR count). The van der Waals surface area contributed by atoms with Crippen LogP contribution in [0.25, 0.3) is 22.2 Å². The molecule has 0 aliphatic heterocycles. The summed E-state index contributed by atoms with van der Waals surface area (Å²) >= 11 is 12.2. The number of benzene rings is 3. The number of para-hydroxylation sites is 1. The van der Waals surface area contributed by atoms with Crippen molar-refractivity contribution in [3.8, 4) is 11.3 Å². The van der Waals surface area contributed by atoms with Gasteiger partial charge >= 0.3 is 0 Å². The van der Waals surface area contributed by atoms with Crippen LogP contribution in [-0.2, 0) is 0 Å². The molecule has 29 heavy (non-hydrogen) atoms. The molecule has 0 aliphatic carbocycles. The Labute approximate surface area is 179 Å². The van der Waals surface area contributed by atoms with Gasteiger partial charge in [-0.3, -0.25) is 4.79 Å². The standard InChI is InChI=1S/C24H18Cl2N2O/c1-14-7-9-17(15(2)11-14)23-13-19(18-5-3-4-6-21(18)27-23)24(29)28-22-10-8-16(25)12-20(22)26/h3-13H,1-2H3,(H,28,29). The monoisotopic (exact) mass is 420 g/mol. The van der Waals surface area contributed by atoms with Crippen molar-refractivity contribution in [3.63, 3.8) is 0 Å². The molecule has 1 heterocycles. The first-order chi connectivity index (χ1) is 13.9. The molecule has 0 radical (unpaired) electrons. The van der Waals surface area contributed by atoms with Crippen molar-refractivity contribution < 1.29 is 4.79 Å². The van der Waals surface area contributed by atoms with Crippen molar-refractivity contribution in [1.82, 2.24) is 4.98 Å². The largest absolute Gasteiger partial charge is 0.321 e. The van der Waals surface area contributed by atoms with E-state index >= 15 is 0 Å². The number of nitrogens with zero attached hydrogens (tertiary/aromatic N) is 1. The molecule has 1 amide bonds. The zero-order valence-corrected chi connectivity index (χ0v) is 17.5. The van der Waals surface area contributed by atoms with E-state index in [1.165, 1.54) is 5.56 Å². The molecule has 0 aliphatic rings. The Morgan fingerprint density at radius 1 is 0.931 bits per heavy atom. The van der Waals surface area contributed by atoms with Crippen LogP contribution in [0.15, 0.2) is 66.7 Å². The molecule has 1 aromatic heterocycles. The molecule has 0 bridgehead atoms. The molecular formula is C24H18Cl2N2O. The zero-order valence-electron chi connectivity index (χ0n) is 16.0. The van der Waals surface area contributed by atoms with Crippen LogP contribution < -0.4 is 5.32 Å². The summed E-state index contributed by atoms with van der Waals surface area (Å²) in [6, 6.07) is 20.6. The number of hydrogen-bond donors (Lipinski definition) is 1. The molecule has 0 unspecified atom stereocenters. The molecule has 0 spiro atoms. The summed E-state index contributed by atoms with van der Waals surface area (Å²) in [5.74, 6) is -0.251. The zero-order chi connectivity index (χ0) is 20.5. The second-order valence-electron chi connectivity index (χ2n) is 6.97. The first kappa shape index (κ1) is 19.4. The second-order valence-corrected chi connectivity index (χ2v) is 7.81. The summed E-state index contributed by atoms with van der Waals surface area (Å²) in [5.41, 5.74) is 5.86. The number of nitrogens with one attached hydrogen (secondary N) is 1. The third kappa shape index (κ3) is 3.98. The molecule has 144 valence electrons. The lowest BCUT2D eigenvalue weighted by Gasteiger charge is -2.13. The van der Waals surface area contributed by atoms with Gasteiger partial charge in [0.2, 0.25) is 0 Å². The number of pyridine rings is 1. The third-order valence-electron chi connectivity index (χ3n) is 4.80. The summed E-state index contributed by atoms with van der Waals surface area (Å²) in [4.78, 5) is 17.9. The lowest BCUT2D eigenvalue weighted by atomic mass is 9.99. The summed E-state index contributed by atoms with van der Waals surface area (Å²) in [7, 11) is 0. The van der Waals surface area contributed by atoms with Crippen LogP contribution in [0, 0.1) is 13.8 Å². The highest BCUT2D eigenvalue weighted by Crippen LogP contribution is 2.30. The van der Waals surface area contributed by atoms with Crippen LogP contribution in [0.1, 0.15) is 21.5 Å². The van der Waals surface area contributed by atoms with E-state index in [4.69, 9.17) is 28.2 Å². The molecule has 0 fully saturated rings. The summed E-state index contributed by atoms with van der Waals surface area (Å²) < 4.78 is 0. The maximum absolute atomic E-state index is 13.2. The fraction of sp³-hybridized carbons (Fsp3) is 0.0833. The van der Waals surface area contributed by atoms with Crippen molar-refractivity contribution in [2.75, 3.05) is 5.32 Å². The Morgan fingerprint density at radius 2 is 1.72 bits per heavy atom. The van der Waals surface area contributed by atoms with Crippen LogP contribution in [0.5, 0.6) is 0 Å². The van der Waals surface area contributed by atoms with Crippen LogP contribution >= 0.6 is 23.2 Å². The van der Waals surface area contributed by atoms with Gasteiger partial charge in [0.15, 0.2) is 0 Å². The molecule has 0 saturated heterocycles. The van der Waals surface area contributed by atoms with Gasteiger partial charge in [-0.05, 0) is 49.7 Å². The van der Waals surface area contributed by atoms with Crippen molar-refractivity contribution in [3.05, 3.63) is 93.5 Å². The maximum atomic E-state index is 13.2. The minimum Gasteiger partial charge on any atom is -0.321 e. The molecule has 1 N–H and O–H groups in total. The minimum atomic E-state index is -0.251. The van der Waals surface area contributed by atoms with Gasteiger partial charge in [-0.1, -0.05) is 65.2 Å². The van der Waals surface area contributed by atoms with E-state index in [9.17, 15) is 4.79 Å². The molecule has 3 nitrogen and oxygen atoms in total. The van der Waals surface area contributed by atoms with Crippen LogP contribution in [0.4, 0.5) is 5.69 Å². The predicted octanol–water partition coefficient (Wildman–Crippen LogP) is 7.08. The van der Waals surface area contributed by atoms with Gasteiger partial charge in [-0.25, -0.2) is 4.98 Å². The number of aromatic nitrogens is 1. The van der Waals surface area contributed by atoms with E-state index in [1.807, 2.05) is 49.4 Å². The second kappa shape index (κ2) is 7.86. The number of hydrogen-bond acceptors (Lipinski definition) is 2. The van der Waals surface area contributed by atoms with Crippen LogP contribution in [0.3, 0.4) is 0 Å². The Bertz CT molecular complexity index is 1250. The molecular weight excluding hydrogens is 403 g/mol. The van der Waals surface area contributed by atoms with Crippen molar-refractivity contribution >= 4 is 45.7 Å². The van der Waals surface area contributed by atoms with Gasteiger partial charge in [0.1, 0.15) is 0 Å². The number of fused-ring (bicyclic) bond motifs is 1. The Morgan fingerprint density at radius 3 is 2.48 bits per heavy atom. The number of aryl methyl sites for hydroxylation is 2. The minimum absolute atomic E-state index is 0.251. The number of carbonyl (C=O) groups excluding carboxylic acids is 1. The quantitative estimate of drug-likeness (QED) is 0.384. The number of anilines is 1. The van der Waals surface area contributed by atoms with Crippen LogP contribution in [-0.4, -0.2) is 10.9 Å². The van der Waals surface area contributed by atoms with E-state index in [0.29, 0.717) is 21.3 Å². The molecule has 3 aromatic carbocycles. The number of carbonyl (C=O) groups is 1. The van der Waals surface area contributed by atoms with E-state index in [0.717, 1.165) is 27.7 Å². The van der Waals surface area contributed by atoms with E-state index < -0.39 is 0 Å². The number of rotatable bonds is 3. The van der Waals surface area contributed by atoms with Crippen molar-refractivity contribution in [2.45, 2.75) is 13.8 Å². The highest BCUT2D eigenvalue weighted by atomic mass is 35.5. The highest BCUT2D eigenvalue weighted by Gasteiger charge is 2.16. The third-order valence-corrected chi connectivity index (χ3v) is 5.35. The summed E-state index contributed by atoms with van der Waals surface area (Å²) in [5, 5.41) is 4.57. The molecule has 5 heteroatoms. The lowest BCUT2D eigenvalue weighted by Crippen LogP contribution is -2.13. The molecule has 4 aromatic rings. The van der Waals surface area contributed by atoms with Gasteiger partial charge in [0, 0.05) is 16.0 Å². The summed E-state index contributed by atoms with van der Waals surface area (Å²) in [6.07, 6.45) is 0. The average molecular weight is 421 g/mol. The maximum Gasteiger partial charge on any atom is 0.256 e. The average Bonchev–Trinajstić information content (AvgIpc) is 2.69. The van der Waals surface area contributed by atoms with Gasteiger partial charge in [0.25, 0.3) is 5.91 Å². The summed E-state index contributed by atoms with van der Waals surface area (Å²) in [6.45, 7) is 4.10. The fourth-order valence-corrected chi connectivity index (χ4v) is 3.84. The topological polar surface area (TPSA) is 42.0 Å². The van der Waals surface area contributed by atoms with E-state index in [1.54, 1.807) is 18.2 Å². The smallest absolute Gasteiger partial charge is 0.256 e. The van der Waals surface area contributed by atoms with Gasteiger partial charge < -0.3 is 5.32 Å². The molecule has 0 saturated carbocycles. The van der Waals surface area contributed by atoms with Crippen molar-refractivity contribution in [1.29, 1.82) is 0 Å². The van der Waals surface area contributed by atoms with E-state index in [2.05, 4.69) is 18.3 Å². The van der Waals surface area contributed by atoms with Gasteiger partial charge in [0.05, 0.1) is 27.5 Å². The number of halogens is 2. The Hall–Kier alpha value is -2.88. The van der Waals surface area contributed by atoms with Gasteiger partial charge in [-0.2, -0.15) is 0 Å². The Kier molecular flexibility index (Phi) is 5.27. The van der Waals surface area contributed by atoms with Crippen molar-refractivity contribution in [2.24, 2.45) is 0 Å². The first-order valence-corrected chi connectivity index (χ1v) is 9.92. The highest BCUT2D eigenvalue weighted by molar-refractivity contribution is 6.37. The Balaban J connectivity index is 1.83. The van der Waals surface area contributed by atoms with E-state index in [-0.39, 0.29) is 5.91 Å². The fourth-order valence-electron chi connectivity index (χ4n) is 3.38. The van der Waals surface area contributed by atoms with Gasteiger partial charge in [-0.15, -0.1) is 0 Å². The first-order valence-electron chi connectivity index (χ1n) is 9.16. The normalized spacial score (nSPS) is 10.9. The molecule has 0 atom stereocenters.